The molecule has 0 saturated carbocycles. The summed E-state index contributed by atoms with van der Waals surface area (Å²) in [5.41, 5.74) is -4.46. The molecule has 11 heteroatoms. The monoisotopic (exact) mass is 448 g/mol. The van der Waals surface area contributed by atoms with Gasteiger partial charge < -0.3 is 24.1 Å². The standard InChI is InChI=1S/C19H32N2O8S/c1-7-10-27-15(24)19(14(22)23,21-9-11-26-13-30-21)12-18(6,28-8-2)20-16(25)29-17(3,4)5/h7H,1,8-13H2,2-6H3,(H,20,25)(H,22,23)/t18-,19?/m0/s1. The number of carbonyl (C=O) groups excluding carboxylic acids is 2. The highest BCUT2D eigenvalue weighted by Crippen LogP contribution is 2.36. The van der Waals surface area contributed by atoms with Crippen molar-refractivity contribution in [1.82, 2.24) is 9.62 Å². The number of nitrogens with one attached hydrogen (secondary N) is 1. The van der Waals surface area contributed by atoms with E-state index in [0.717, 1.165) is 11.9 Å². The second-order valence-corrected chi connectivity index (χ2v) is 8.71. The summed E-state index contributed by atoms with van der Waals surface area (Å²) >= 11 is 1.05. The zero-order chi connectivity index (χ0) is 23.0. The predicted octanol–water partition coefficient (Wildman–Crippen LogP) is 2.14. The van der Waals surface area contributed by atoms with Gasteiger partial charge in [-0.1, -0.05) is 12.7 Å². The van der Waals surface area contributed by atoms with Gasteiger partial charge in [-0.25, -0.2) is 18.7 Å². The quantitative estimate of drug-likeness (QED) is 0.169. The van der Waals surface area contributed by atoms with Gasteiger partial charge in [0.15, 0.2) is 0 Å². The average molecular weight is 449 g/mol. The van der Waals surface area contributed by atoms with E-state index in [-0.39, 0.29) is 32.3 Å². The van der Waals surface area contributed by atoms with Crippen LogP contribution >= 0.6 is 11.9 Å². The number of hydrogen-bond donors (Lipinski definition) is 2. The van der Waals surface area contributed by atoms with Crippen molar-refractivity contribution in [1.29, 1.82) is 0 Å². The maximum absolute atomic E-state index is 13.0. The van der Waals surface area contributed by atoms with Crippen molar-refractivity contribution < 1.29 is 38.4 Å². The van der Waals surface area contributed by atoms with Gasteiger partial charge in [0.05, 0.1) is 6.61 Å². The normalized spacial score (nSPS) is 19.1. The van der Waals surface area contributed by atoms with Crippen LogP contribution in [0.15, 0.2) is 12.7 Å². The van der Waals surface area contributed by atoms with E-state index in [2.05, 4.69) is 11.9 Å². The number of esters is 1. The molecule has 2 atom stereocenters. The highest BCUT2D eigenvalue weighted by atomic mass is 32.2. The van der Waals surface area contributed by atoms with Crippen LogP contribution in [0.2, 0.25) is 0 Å². The average Bonchev–Trinajstić information content (AvgIpc) is 2.63. The second kappa shape index (κ2) is 11.0. The Morgan fingerprint density at radius 1 is 1.30 bits per heavy atom. The zero-order valence-electron chi connectivity index (χ0n) is 18.2. The molecule has 1 fully saturated rings. The number of carbonyl (C=O) groups is 3. The Kier molecular flexibility index (Phi) is 9.60. The van der Waals surface area contributed by atoms with Crippen molar-refractivity contribution in [2.45, 2.75) is 57.9 Å². The van der Waals surface area contributed by atoms with Crippen LogP contribution in [0.1, 0.15) is 41.0 Å². The minimum Gasteiger partial charge on any atom is -0.479 e. The lowest BCUT2D eigenvalue weighted by Gasteiger charge is -2.43. The first-order chi connectivity index (χ1) is 13.9. The van der Waals surface area contributed by atoms with E-state index >= 15 is 0 Å². The Balaban J connectivity index is 3.33. The molecule has 0 aliphatic carbocycles. The van der Waals surface area contributed by atoms with E-state index in [1.807, 2.05) is 0 Å². The minimum absolute atomic E-state index is 0.153. The molecule has 1 saturated heterocycles. The molecule has 2 N–H and O–H groups in total. The predicted molar refractivity (Wildman–Crippen MR) is 111 cm³/mol. The molecule has 0 aromatic rings. The third-order valence-electron chi connectivity index (χ3n) is 4.00. The lowest BCUT2D eigenvalue weighted by Crippen LogP contribution is -2.66. The van der Waals surface area contributed by atoms with E-state index < -0.39 is 41.3 Å². The Morgan fingerprint density at radius 3 is 2.43 bits per heavy atom. The van der Waals surface area contributed by atoms with Gasteiger partial charge in [0.1, 0.15) is 23.9 Å². The van der Waals surface area contributed by atoms with Gasteiger partial charge >= 0.3 is 18.0 Å². The molecular weight excluding hydrogens is 416 g/mol. The molecule has 1 amide bonds. The van der Waals surface area contributed by atoms with Crippen LogP contribution in [0.25, 0.3) is 0 Å². The minimum atomic E-state index is -2.14. The zero-order valence-corrected chi connectivity index (χ0v) is 19.0. The summed E-state index contributed by atoms with van der Waals surface area (Å²) in [7, 11) is 0. The van der Waals surface area contributed by atoms with Gasteiger partial charge in [-0.2, -0.15) is 0 Å². The second-order valence-electron chi connectivity index (χ2n) is 7.78. The van der Waals surface area contributed by atoms with E-state index in [9.17, 15) is 19.5 Å². The van der Waals surface area contributed by atoms with E-state index in [1.165, 1.54) is 17.3 Å². The summed E-state index contributed by atoms with van der Waals surface area (Å²) in [5.74, 6) is -2.24. The third kappa shape index (κ3) is 7.15. The molecule has 1 aliphatic rings. The van der Waals surface area contributed by atoms with Gasteiger partial charge in [0, 0.05) is 19.6 Å². The summed E-state index contributed by atoms with van der Waals surface area (Å²) < 4.78 is 22.8. The molecule has 1 unspecified atom stereocenters. The van der Waals surface area contributed by atoms with Crippen molar-refractivity contribution in [2.75, 3.05) is 32.3 Å². The van der Waals surface area contributed by atoms with Crippen LogP contribution < -0.4 is 5.32 Å². The van der Waals surface area contributed by atoms with Gasteiger partial charge in [-0.05, 0) is 46.6 Å². The fourth-order valence-electron chi connectivity index (χ4n) is 2.92. The Hall–Kier alpha value is -1.82. The molecule has 0 spiro atoms. The molecule has 0 aromatic heterocycles. The molecule has 1 rings (SSSR count). The molecule has 30 heavy (non-hydrogen) atoms. The van der Waals surface area contributed by atoms with Crippen molar-refractivity contribution in [2.24, 2.45) is 0 Å². The first-order valence-electron chi connectivity index (χ1n) is 9.55. The lowest BCUT2D eigenvalue weighted by molar-refractivity contribution is -0.175. The maximum Gasteiger partial charge on any atom is 0.409 e. The Bertz CT molecular complexity index is 633. The van der Waals surface area contributed by atoms with Crippen LogP contribution in [0.3, 0.4) is 0 Å². The molecule has 0 radical (unpaired) electrons. The number of carboxylic acid groups (broad SMARTS) is 1. The largest absolute Gasteiger partial charge is 0.479 e. The first-order valence-corrected chi connectivity index (χ1v) is 10.5. The number of carboxylic acids is 1. The number of alkyl carbamates (subject to hydrolysis) is 1. The number of hydrogen-bond acceptors (Lipinski definition) is 9. The fraction of sp³-hybridized carbons (Fsp3) is 0.737. The summed E-state index contributed by atoms with van der Waals surface area (Å²) in [6, 6.07) is 0. The van der Waals surface area contributed by atoms with Crippen LogP contribution in [0.5, 0.6) is 0 Å². The highest BCUT2D eigenvalue weighted by molar-refractivity contribution is 7.97. The first kappa shape index (κ1) is 26.2. The van der Waals surface area contributed by atoms with E-state index in [4.69, 9.17) is 18.9 Å². The Morgan fingerprint density at radius 2 is 1.97 bits per heavy atom. The summed E-state index contributed by atoms with van der Waals surface area (Å²) in [5, 5.41) is 12.7. The number of nitrogens with zero attached hydrogens (tertiary/aromatic N) is 1. The third-order valence-corrected chi connectivity index (χ3v) is 5.08. The number of amides is 1. The van der Waals surface area contributed by atoms with Crippen molar-refractivity contribution in [3.63, 3.8) is 0 Å². The lowest BCUT2D eigenvalue weighted by atomic mass is 9.88. The van der Waals surface area contributed by atoms with Crippen molar-refractivity contribution in [3.8, 4) is 0 Å². The molecular formula is C19H32N2O8S. The van der Waals surface area contributed by atoms with Crippen molar-refractivity contribution in [3.05, 3.63) is 12.7 Å². The fourth-order valence-corrected chi connectivity index (χ4v) is 3.88. The summed E-state index contributed by atoms with van der Waals surface area (Å²) in [4.78, 5) is 37.9. The highest BCUT2D eigenvalue weighted by Gasteiger charge is 2.58. The van der Waals surface area contributed by atoms with Gasteiger partial charge in [-0.3, -0.25) is 5.32 Å². The van der Waals surface area contributed by atoms with Crippen LogP contribution in [0, 0.1) is 0 Å². The number of aliphatic carboxylic acids is 1. The van der Waals surface area contributed by atoms with E-state index in [0.29, 0.717) is 0 Å². The molecule has 0 bridgehead atoms. The SMILES string of the molecule is C=CCOC(=O)C(C[C@@](C)(NC(=O)OC(C)(C)C)OCC)(C(=O)O)N1CCOCS1. The number of ether oxygens (including phenoxy) is 4. The van der Waals surface area contributed by atoms with Crippen LogP contribution in [-0.4, -0.2) is 76.6 Å². The van der Waals surface area contributed by atoms with Crippen molar-refractivity contribution >= 4 is 30.0 Å². The summed E-state index contributed by atoms with van der Waals surface area (Å²) in [6.07, 6.45) is 0.120. The van der Waals surface area contributed by atoms with E-state index in [1.54, 1.807) is 27.7 Å². The van der Waals surface area contributed by atoms with Crippen LogP contribution in [-0.2, 0) is 28.5 Å². The van der Waals surface area contributed by atoms with Gasteiger partial charge in [0.2, 0.25) is 5.54 Å². The number of rotatable bonds is 10. The van der Waals surface area contributed by atoms with Gasteiger partial charge in [-0.15, -0.1) is 0 Å². The molecule has 1 heterocycles. The molecule has 10 nitrogen and oxygen atoms in total. The Labute approximate surface area is 181 Å². The smallest absolute Gasteiger partial charge is 0.409 e. The molecule has 0 aromatic carbocycles. The maximum atomic E-state index is 13.0. The molecule has 1 aliphatic heterocycles. The van der Waals surface area contributed by atoms with Gasteiger partial charge in [0.25, 0.3) is 0 Å². The summed E-state index contributed by atoms with van der Waals surface area (Å²) in [6.45, 7) is 12.2. The van der Waals surface area contributed by atoms with Crippen LogP contribution in [0.4, 0.5) is 4.79 Å². The topological polar surface area (TPSA) is 124 Å². The molecule has 172 valence electrons.